The molecule has 1 aromatic carbocycles. The molecule has 6 rings (SSSR count). The fourth-order valence-electron chi connectivity index (χ4n) is 11.9. The van der Waals surface area contributed by atoms with Crippen LogP contribution in [0.5, 0.6) is 0 Å². The largest absolute Gasteiger partial charge is 0.459 e. The van der Waals surface area contributed by atoms with Crippen LogP contribution in [-0.2, 0) is 9.53 Å². The zero-order valence-electron chi connectivity index (χ0n) is 27.3. The number of carbonyl (C=O) groups excluding carboxylic acids is 1. The van der Waals surface area contributed by atoms with Crippen molar-refractivity contribution in [1.82, 2.24) is 0 Å². The van der Waals surface area contributed by atoms with Gasteiger partial charge in [0.15, 0.2) is 0 Å². The minimum absolute atomic E-state index is 0.0249. The minimum atomic E-state index is -0.199. The zero-order chi connectivity index (χ0) is 29.4. The first-order valence-corrected chi connectivity index (χ1v) is 16.9. The third kappa shape index (κ3) is 4.27. The van der Waals surface area contributed by atoms with Gasteiger partial charge in [-0.2, -0.15) is 0 Å². The van der Waals surface area contributed by atoms with Gasteiger partial charge in [-0.1, -0.05) is 97.4 Å². The molecule has 0 radical (unpaired) electrons. The van der Waals surface area contributed by atoms with E-state index in [1.807, 2.05) is 42.0 Å². The summed E-state index contributed by atoms with van der Waals surface area (Å²) in [6.45, 7) is 20.6. The highest BCUT2D eigenvalue weighted by Crippen LogP contribution is 2.75. The number of benzene rings is 1. The van der Waals surface area contributed by atoms with Gasteiger partial charge in [-0.25, -0.2) is 4.79 Å². The average Bonchev–Trinajstić information content (AvgIpc) is 2.93. The predicted octanol–water partition coefficient (Wildman–Crippen LogP) is 10.3. The number of ether oxygens (including phenoxy) is 1. The first-order chi connectivity index (χ1) is 19.3. The topological polar surface area (TPSA) is 26.3 Å². The van der Waals surface area contributed by atoms with Gasteiger partial charge in [0.25, 0.3) is 0 Å². The molecule has 5 aliphatic carbocycles. The molecular formula is C39H56O2. The maximum absolute atomic E-state index is 13.0. The summed E-state index contributed by atoms with van der Waals surface area (Å²) in [5.41, 5.74) is 4.25. The van der Waals surface area contributed by atoms with E-state index in [9.17, 15) is 4.79 Å². The Balaban J connectivity index is 1.26. The maximum atomic E-state index is 13.0. The molecule has 2 nitrogen and oxygen atoms in total. The van der Waals surface area contributed by atoms with Crippen molar-refractivity contribution >= 4 is 12.0 Å². The van der Waals surface area contributed by atoms with E-state index < -0.39 is 0 Å². The molecular weight excluding hydrogens is 500 g/mol. The van der Waals surface area contributed by atoms with Crippen molar-refractivity contribution in [2.45, 2.75) is 119 Å². The summed E-state index contributed by atoms with van der Waals surface area (Å²) in [4.78, 5) is 13.0. The van der Waals surface area contributed by atoms with Crippen molar-refractivity contribution in [3.05, 3.63) is 53.6 Å². The number of rotatable bonds is 3. The van der Waals surface area contributed by atoms with Crippen molar-refractivity contribution in [2.75, 3.05) is 0 Å². The Bertz CT molecular complexity index is 1230. The fraction of sp³-hybridized carbons (Fsp3) is 0.718. The molecule has 0 N–H and O–H groups in total. The summed E-state index contributed by atoms with van der Waals surface area (Å²) in [5, 5.41) is 0. The molecule has 0 heterocycles. The van der Waals surface area contributed by atoms with E-state index in [1.54, 1.807) is 6.08 Å². The van der Waals surface area contributed by atoms with Crippen LogP contribution in [0.1, 0.15) is 119 Å². The number of hydrogen-bond donors (Lipinski definition) is 0. The van der Waals surface area contributed by atoms with E-state index >= 15 is 0 Å². The number of esters is 1. The average molecular weight is 557 g/mol. The van der Waals surface area contributed by atoms with Crippen molar-refractivity contribution in [1.29, 1.82) is 0 Å². The van der Waals surface area contributed by atoms with E-state index in [4.69, 9.17) is 4.74 Å². The normalized spacial score (nSPS) is 46.9. The van der Waals surface area contributed by atoms with Gasteiger partial charge in [0.1, 0.15) is 6.10 Å². The van der Waals surface area contributed by atoms with Crippen LogP contribution in [-0.4, -0.2) is 12.1 Å². The second kappa shape index (κ2) is 9.85. The third-order valence-electron chi connectivity index (χ3n) is 14.8. The minimum Gasteiger partial charge on any atom is -0.459 e. The van der Waals surface area contributed by atoms with Crippen LogP contribution in [0.3, 0.4) is 0 Å². The van der Waals surface area contributed by atoms with E-state index in [1.165, 1.54) is 44.9 Å². The summed E-state index contributed by atoms with van der Waals surface area (Å²) in [6.07, 6.45) is 17.8. The molecule has 10 atom stereocenters. The molecule has 5 aliphatic rings. The molecule has 41 heavy (non-hydrogen) atoms. The second-order valence-corrected chi connectivity index (χ2v) is 16.8. The highest BCUT2D eigenvalue weighted by molar-refractivity contribution is 5.87. The molecule has 0 amide bonds. The van der Waals surface area contributed by atoms with Gasteiger partial charge in [-0.15, -0.1) is 0 Å². The second-order valence-electron chi connectivity index (χ2n) is 16.8. The summed E-state index contributed by atoms with van der Waals surface area (Å²) in [7, 11) is 0. The summed E-state index contributed by atoms with van der Waals surface area (Å²) in [6, 6.07) is 10.0. The summed E-state index contributed by atoms with van der Waals surface area (Å²) in [5.74, 6) is 3.43. The molecule has 1 unspecified atom stereocenters. The van der Waals surface area contributed by atoms with Crippen LogP contribution in [0, 0.1) is 56.7 Å². The summed E-state index contributed by atoms with van der Waals surface area (Å²) >= 11 is 0. The molecule has 0 saturated heterocycles. The smallest absolute Gasteiger partial charge is 0.331 e. The van der Waals surface area contributed by atoms with Crippen molar-refractivity contribution < 1.29 is 9.53 Å². The van der Waals surface area contributed by atoms with Gasteiger partial charge in [0.2, 0.25) is 0 Å². The lowest BCUT2D eigenvalue weighted by Crippen LogP contribution is -2.65. The van der Waals surface area contributed by atoms with Crippen LogP contribution >= 0.6 is 0 Å². The van der Waals surface area contributed by atoms with Gasteiger partial charge in [-0.05, 0) is 121 Å². The Morgan fingerprint density at radius 1 is 0.854 bits per heavy atom. The Morgan fingerprint density at radius 2 is 1.59 bits per heavy atom. The van der Waals surface area contributed by atoms with E-state index in [-0.39, 0.29) is 22.9 Å². The Morgan fingerprint density at radius 3 is 2.32 bits per heavy atom. The molecule has 1 aromatic rings. The van der Waals surface area contributed by atoms with Gasteiger partial charge >= 0.3 is 5.97 Å². The lowest BCUT2D eigenvalue weighted by Gasteiger charge is -2.71. The van der Waals surface area contributed by atoms with Gasteiger partial charge in [-0.3, -0.25) is 0 Å². The SMILES string of the molecule is C[C@H]1[C@H](C)CC[C@]2(C)CC[C@]3(C)C(=CC[C@@H]4[C@@]5(C)CCC(OC(=O)/C=C/c6ccccc6)C(C)(C)[C@@H]5CC[C@]43C)[C@H]12. The van der Waals surface area contributed by atoms with Crippen LogP contribution in [0.15, 0.2) is 48.1 Å². The number of fused-ring (bicyclic) bond motifs is 7. The highest BCUT2D eigenvalue weighted by atomic mass is 16.5. The molecule has 0 spiro atoms. The van der Waals surface area contributed by atoms with Crippen molar-refractivity contribution in [2.24, 2.45) is 56.7 Å². The van der Waals surface area contributed by atoms with E-state index in [2.05, 4.69) is 61.5 Å². The first kappa shape index (κ1) is 29.3. The van der Waals surface area contributed by atoms with Crippen molar-refractivity contribution in [3.8, 4) is 0 Å². The molecule has 4 saturated carbocycles. The molecule has 0 aromatic heterocycles. The van der Waals surface area contributed by atoms with Gasteiger partial charge in [0, 0.05) is 11.5 Å². The lowest BCUT2D eigenvalue weighted by molar-refractivity contribution is -0.211. The van der Waals surface area contributed by atoms with Crippen LogP contribution in [0.2, 0.25) is 0 Å². The highest BCUT2D eigenvalue weighted by Gasteiger charge is 2.68. The molecule has 0 aliphatic heterocycles. The number of allylic oxidation sites excluding steroid dienone is 2. The molecule has 4 fully saturated rings. The standard InChI is InChI=1S/C39H56O2/c1-26-18-21-36(5)24-25-38(7)29(34(36)27(26)2)15-16-31-37(6)22-20-32(35(3,4)30(37)19-23-39(31,38)8)41-33(40)17-14-28-12-10-9-11-13-28/h9-15,17,26-27,30-32,34H,16,18-25H2,1-8H3/b17-14+/t26-,27+,30+,31-,32?,34+,36-,37+,38-,39-/m1/s1. The quantitative estimate of drug-likeness (QED) is 0.210. The number of hydrogen-bond acceptors (Lipinski definition) is 2. The molecule has 224 valence electrons. The lowest BCUT2D eigenvalue weighted by atomic mass is 9.33. The zero-order valence-corrected chi connectivity index (χ0v) is 27.3. The maximum Gasteiger partial charge on any atom is 0.331 e. The fourth-order valence-corrected chi connectivity index (χ4v) is 11.9. The first-order valence-electron chi connectivity index (χ1n) is 16.9. The summed E-state index contributed by atoms with van der Waals surface area (Å²) < 4.78 is 6.24. The third-order valence-corrected chi connectivity index (χ3v) is 14.8. The Kier molecular flexibility index (Phi) is 7.03. The molecule has 0 bridgehead atoms. The van der Waals surface area contributed by atoms with Crippen molar-refractivity contribution in [3.63, 3.8) is 0 Å². The molecule has 2 heteroatoms. The van der Waals surface area contributed by atoms with Crippen LogP contribution in [0.4, 0.5) is 0 Å². The van der Waals surface area contributed by atoms with Gasteiger partial charge in [0.05, 0.1) is 0 Å². The number of carbonyl (C=O) groups is 1. The monoisotopic (exact) mass is 556 g/mol. The van der Waals surface area contributed by atoms with Crippen LogP contribution < -0.4 is 0 Å². The van der Waals surface area contributed by atoms with Crippen LogP contribution in [0.25, 0.3) is 6.08 Å². The van der Waals surface area contributed by atoms with E-state index in [0.717, 1.165) is 36.2 Å². The Hall–Kier alpha value is -1.83. The Labute approximate surface area is 250 Å². The predicted molar refractivity (Wildman–Crippen MR) is 170 cm³/mol. The van der Waals surface area contributed by atoms with E-state index in [0.29, 0.717) is 28.1 Å². The van der Waals surface area contributed by atoms with Gasteiger partial charge < -0.3 is 4.74 Å².